The second kappa shape index (κ2) is 10.6. The van der Waals surface area contributed by atoms with Gasteiger partial charge in [-0.15, -0.1) is 11.3 Å². The Morgan fingerprint density at radius 3 is 1.81 bits per heavy atom. The molecule has 0 atom stereocenters. The summed E-state index contributed by atoms with van der Waals surface area (Å²) in [4.78, 5) is 2.51. The fourth-order valence-corrected chi connectivity index (χ4v) is 4.56. The molecular weight excluding hydrogens is 412 g/mol. The lowest BCUT2D eigenvalue weighted by Crippen LogP contribution is -1.80. The van der Waals surface area contributed by atoms with Gasteiger partial charge in [-0.05, 0) is 65.8 Å². The molecule has 0 aliphatic heterocycles. The highest BCUT2D eigenvalue weighted by Gasteiger charge is 2.17. The van der Waals surface area contributed by atoms with Gasteiger partial charge in [-0.2, -0.15) is 21.0 Å². The third-order valence-corrected chi connectivity index (χ3v) is 6.33. The van der Waals surface area contributed by atoms with E-state index in [1.54, 1.807) is 23.5 Å². The zero-order valence-corrected chi connectivity index (χ0v) is 18.3. The van der Waals surface area contributed by atoms with E-state index < -0.39 is 0 Å². The van der Waals surface area contributed by atoms with Crippen LogP contribution in [-0.4, -0.2) is 0 Å². The van der Waals surface area contributed by atoms with E-state index in [1.807, 2.05) is 36.4 Å². The third kappa shape index (κ3) is 5.38. The average molecular weight is 431 g/mol. The minimum absolute atomic E-state index is 0.0887. The number of nitrogens with zero attached hydrogens (tertiary/aromatic N) is 4. The minimum Gasteiger partial charge on any atom is -0.192 e. The molecule has 0 spiro atoms. The molecule has 32 heavy (non-hydrogen) atoms. The zero-order chi connectivity index (χ0) is 22.9. The van der Waals surface area contributed by atoms with E-state index in [0.29, 0.717) is 0 Å². The van der Waals surface area contributed by atoms with Crippen molar-refractivity contribution in [3.63, 3.8) is 0 Å². The minimum atomic E-state index is 0.0887. The Balaban J connectivity index is 1.63. The lowest BCUT2D eigenvalue weighted by molar-refractivity contribution is 1.33. The Kier molecular flexibility index (Phi) is 7.35. The van der Waals surface area contributed by atoms with Crippen molar-refractivity contribution in [2.75, 3.05) is 0 Å². The van der Waals surface area contributed by atoms with Gasteiger partial charge in [0, 0.05) is 9.75 Å². The zero-order valence-electron chi connectivity index (χ0n) is 17.5. The molecule has 152 valence electrons. The van der Waals surface area contributed by atoms with Gasteiger partial charge in [0.05, 0.1) is 0 Å². The van der Waals surface area contributed by atoms with Crippen LogP contribution in [0.5, 0.6) is 0 Å². The van der Waals surface area contributed by atoms with Crippen molar-refractivity contribution in [3.8, 4) is 24.3 Å². The summed E-state index contributed by atoms with van der Waals surface area (Å²) in [5.74, 6) is 0. The summed E-state index contributed by atoms with van der Waals surface area (Å²) < 4.78 is 0. The van der Waals surface area contributed by atoms with E-state index >= 15 is 0 Å². The standard InChI is InChI=1S/C27H18N4S/c1-19-12-26(24-10-8-20(13-24)4-2-6-22(15-28)16-29)32-27(19)25-11-9-21(14-25)5-3-7-23(17-30)18-31/h2-12H,13-14H2,1H3/b4-2+,5-3+. The fraction of sp³-hybridized carbons (Fsp3) is 0.111. The van der Waals surface area contributed by atoms with E-state index in [0.717, 1.165) is 24.0 Å². The topological polar surface area (TPSA) is 95.2 Å². The molecule has 0 aromatic carbocycles. The molecule has 1 aromatic heterocycles. The van der Waals surface area contributed by atoms with E-state index in [1.165, 1.54) is 38.6 Å². The predicted octanol–water partition coefficient (Wildman–Crippen LogP) is 6.54. The van der Waals surface area contributed by atoms with Crippen molar-refractivity contribution < 1.29 is 0 Å². The molecule has 5 heteroatoms. The highest BCUT2D eigenvalue weighted by Crippen LogP contribution is 2.40. The molecule has 0 N–H and O–H groups in total. The highest BCUT2D eigenvalue weighted by atomic mass is 32.1. The van der Waals surface area contributed by atoms with Crippen LogP contribution in [0.3, 0.4) is 0 Å². The Labute approximate surface area is 192 Å². The second-order valence-electron chi connectivity index (χ2n) is 7.17. The van der Waals surface area contributed by atoms with Gasteiger partial charge in [0.25, 0.3) is 0 Å². The smallest absolute Gasteiger partial charge is 0.129 e. The van der Waals surface area contributed by atoms with Gasteiger partial charge in [0.15, 0.2) is 0 Å². The lowest BCUT2D eigenvalue weighted by atomic mass is 10.1. The maximum Gasteiger partial charge on any atom is 0.129 e. The Morgan fingerprint density at radius 2 is 1.28 bits per heavy atom. The van der Waals surface area contributed by atoms with Crippen LogP contribution in [0.25, 0.3) is 11.1 Å². The predicted molar refractivity (Wildman–Crippen MR) is 127 cm³/mol. The molecule has 0 amide bonds. The number of aryl methyl sites for hydroxylation is 1. The van der Waals surface area contributed by atoms with E-state index in [9.17, 15) is 0 Å². The summed E-state index contributed by atoms with van der Waals surface area (Å²) in [6.45, 7) is 2.12. The average Bonchev–Trinajstić information content (AvgIpc) is 3.54. The van der Waals surface area contributed by atoms with Crippen LogP contribution in [0, 0.1) is 52.2 Å². The molecule has 0 fully saturated rings. The van der Waals surface area contributed by atoms with Crippen LogP contribution in [0.2, 0.25) is 0 Å². The molecular formula is C27H18N4S. The van der Waals surface area contributed by atoms with Crippen LogP contribution in [0.1, 0.15) is 28.2 Å². The summed E-state index contributed by atoms with van der Waals surface area (Å²) in [7, 11) is 0. The van der Waals surface area contributed by atoms with E-state index in [-0.39, 0.29) is 11.1 Å². The normalized spacial score (nSPS) is 14.5. The van der Waals surface area contributed by atoms with Crippen molar-refractivity contribution in [1.29, 1.82) is 21.0 Å². The first-order valence-corrected chi connectivity index (χ1v) is 10.7. The van der Waals surface area contributed by atoms with Crippen molar-refractivity contribution in [2.24, 2.45) is 0 Å². The van der Waals surface area contributed by atoms with Crippen molar-refractivity contribution in [1.82, 2.24) is 0 Å². The van der Waals surface area contributed by atoms with Crippen LogP contribution in [-0.2, 0) is 0 Å². The molecule has 0 saturated carbocycles. The largest absolute Gasteiger partial charge is 0.192 e. The quantitative estimate of drug-likeness (QED) is 0.378. The van der Waals surface area contributed by atoms with Gasteiger partial charge in [-0.3, -0.25) is 0 Å². The monoisotopic (exact) mass is 430 g/mol. The van der Waals surface area contributed by atoms with Crippen LogP contribution >= 0.6 is 11.3 Å². The molecule has 0 radical (unpaired) electrons. The van der Waals surface area contributed by atoms with E-state index in [4.69, 9.17) is 21.0 Å². The Bertz CT molecular complexity index is 1320. The molecule has 0 saturated heterocycles. The molecule has 0 bridgehead atoms. The number of hydrogen-bond acceptors (Lipinski definition) is 5. The van der Waals surface area contributed by atoms with Crippen LogP contribution in [0.4, 0.5) is 0 Å². The highest BCUT2D eigenvalue weighted by molar-refractivity contribution is 7.14. The SMILES string of the molecule is Cc1cc(C2=CC=C(/C=C/C=C(C#N)C#N)C2)sc1C1=CC=C(/C=C/C=C(C#N)C#N)C1. The number of hydrogen-bond donors (Lipinski definition) is 0. The maximum atomic E-state index is 8.80. The summed E-state index contributed by atoms with van der Waals surface area (Å²) in [6, 6.07) is 9.61. The molecule has 2 aliphatic carbocycles. The van der Waals surface area contributed by atoms with Gasteiger partial charge in [-0.1, -0.05) is 48.6 Å². The van der Waals surface area contributed by atoms with Gasteiger partial charge in [-0.25, -0.2) is 0 Å². The first kappa shape index (κ1) is 22.3. The van der Waals surface area contributed by atoms with Gasteiger partial charge in [0.2, 0.25) is 0 Å². The third-order valence-electron chi connectivity index (χ3n) is 4.94. The maximum absolute atomic E-state index is 8.80. The van der Waals surface area contributed by atoms with Crippen molar-refractivity contribution in [2.45, 2.75) is 19.8 Å². The summed E-state index contributed by atoms with van der Waals surface area (Å²) >= 11 is 1.78. The van der Waals surface area contributed by atoms with Crippen LogP contribution in [0.15, 0.2) is 89.1 Å². The Hall–Kier alpha value is -4.42. The number of nitriles is 4. The van der Waals surface area contributed by atoms with Gasteiger partial charge < -0.3 is 0 Å². The molecule has 0 unspecified atom stereocenters. The molecule has 3 rings (SSSR count). The fourth-order valence-electron chi connectivity index (χ4n) is 3.34. The molecule has 4 nitrogen and oxygen atoms in total. The van der Waals surface area contributed by atoms with Crippen LogP contribution < -0.4 is 0 Å². The molecule has 1 heterocycles. The van der Waals surface area contributed by atoms with Crippen molar-refractivity contribution in [3.05, 3.63) is 104 Å². The summed E-state index contributed by atoms with van der Waals surface area (Å²) in [5.41, 5.74) is 6.21. The number of thiophene rings is 1. The summed E-state index contributed by atoms with van der Waals surface area (Å²) in [5, 5.41) is 35.2. The Morgan fingerprint density at radius 1 is 0.781 bits per heavy atom. The molecule has 2 aliphatic rings. The second-order valence-corrected chi connectivity index (χ2v) is 8.22. The van der Waals surface area contributed by atoms with E-state index in [2.05, 4.69) is 37.3 Å². The number of allylic oxidation sites excluding steroid dienone is 16. The van der Waals surface area contributed by atoms with Gasteiger partial charge >= 0.3 is 0 Å². The van der Waals surface area contributed by atoms with Gasteiger partial charge in [0.1, 0.15) is 35.4 Å². The number of rotatable bonds is 6. The molecule has 1 aromatic rings. The summed E-state index contributed by atoms with van der Waals surface area (Å²) in [6.07, 6.45) is 20.4. The first-order valence-electron chi connectivity index (χ1n) is 9.85. The van der Waals surface area contributed by atoms with Crippen molar-refractivity contribution >= 4 is 22.5 Å². The first-order chi connectivity index (χ1) is 15.6. The lowest BCUT2D eigenvalue weighted by Gasteiger charge is -2.02.